The molecule has 2 aromatic rings. The fourth-order valence-corrected chi connectivity index (χ4v) is 3.69. The van der Waals surface area contributed by atoms with Gasteiger partial charge in [0.15, 0.2) is 6.04 Å². The Morgan fingerprint density at radius 3 is 2.59 bits per heavy atom. The van der Waals surface area contributed by atoms with Crippen LogP contribution in [0.3, 0.4) is 0 Å². The Balaban J connectivity index is 1.82. The van der Waals surface area contributed by atoms with Gasteiger partial charge in [0.05, 0.1) is 5.69 Å². The predicted molar refractivity (Wildman–Crippen MR) is 83.5 cm³/mol. The Morgan fingerprint density at radius 2 is 2.00 bits per heavy atom. The summed E-state index contributed by atoms with van der Waals surface area (Å²) in [7, 11) is 0. The van der Waals surface area contributed by atoms with Gasteiger partial charge < -0.3 is 0 Å². The zero-order valence-electron chi connectivity index (χ0n) is 14.2. The molecule has 0 spiro atoms. The molecule has 3 heterocycles. The van der Waals surface area contributed by atoms with Gasteiger partial charge in [0.1, 0.15) is 11.5 Å². The number of rotatable bonds is 3. The third kappa shape index (κ3) is 2.98. The van der Waals surface area contributed by atoms with Gasteiger partial charge in [-0.05, 0) is 38.2 Å². The summed E-state index contributed by atoms with van der Waals surface area (Å²) in [6.07, 6.45) is -2.42. The molecule has 1 saturated carbocycles. The molecule has 1 aliphatic carbocycles. The summed E-state index contributed by atoms with van der Waals surface area (Å²) < 4.78 is 68.1. The zero-order chi connectivity index (χ0) is 19.5. The molecule has 27 heavy (non-hydrogen) atoms. The first-order valence-corrected chi connectivity index (χ1v) is 8.46. The lowest BCUT2D eigenvalue weighted by molar-refractivity contribution is -0.174. The number of hydrogen-bond acceptors (Lipinski definition) is 3. The highest BCUT2D eigenvalue weighted by molar-refractivity contribution is 6.05. The van der Waals surface area contributed by atoms with Crippen molar-refractivity contribution >= 4 is 11.7 Å². The van der Waals surface area contributed by atoms with Crippen molar-refractivity contribution in [3.8, 4) is 0 Å². The molecule has 2 atom stereocenters. The number of halogens is 5. The van der Waals surface area contributed by atoms with Gasteiger partial charge in [0.25, 0.3) is 5.91 Å². The number of hydrogen-bond donors (Lipinski definition) is 0. The van der Waals surface area contributed by atoms with Gasteiger partial charge in [-0.1, -0.05) is 0 Å². The molecule has 1 fully saturated rings. The standard InChI is InChI=1S/C16H16F5N5O/c1-8-6-13-24(14(27)10-4-5-22-25(10)15(17)18)11(9-2-3-9)7-12(16(19,20)21)26(13)23-8/h4-6,9,11-12,15H,2-3,7H2,1H3/t11-,12-/m0/s1. The van der Waals surface area contributed by atoms with Crippen molar-refractivity contribution in [3.63, 3.8) is 0 Å². The molecule has 2 aromatic heterocycles. The largest absolute Gasteiger partial charge is 0.410 e. The summed E-state index contributed by atoms with van der Waals surface area (Å²) in [4.78, 5) is 14.3. The molecule has 0 unspecified atom stereocenters. The molecule has 0 aromatic carbocycles. The van der Waals surface area contributed by atoms with E-state index in [9.17, 15) is 26.7 Å². The highest BCUT2D eigenvalue weighted by Crippen LogP contribution is 2.48. The molecule has 1 aliphatic heterocycles. The average Bonchev–Trinajstić information content (AvgIpc) is 3.15. The topological polar surface area (TPSA) is 56.0 Å². The summed E-state index contributed by atoms with van der Waals surface area (Å²) in [5, 5.41) is 7.37. The van der Waals surface area contributed by atoms with Crippen LogP contribution in [-0.2, 0) is 0 Å². The van der Waals surface area contributed by atoms with Crippen molar-refractivity contribution in [3.05, 3.63) is 29.7 Å². The van der Waals surface area contributed by atoms with Crippen LogP contribution in [0, 0.1) is 12.8 Å². The highest BCUT2D eigenvalue weighted by Gasteiger charge is 2.53. The maximum Gasteiger partial charge on any atom is 0.410 e. The van der Waals surface area contributed by atoms with Crippen LogP contribution in [0.15, 0.2) is 18.3 Å². The number of fused-ring (bicyclic) bond motifs is 1. The Hall–Kier alpha value is -2.46. The smallest absolute Gasteiger partial charge is 0.288 e. The van der Waals surface area contributed by atoms with Crippen LogP contribution < -0.4 is 4.90 Å². The number of nitrogens with zero attached hydrogens (tertiary/aromatic N) is 5. The number of aryl methyl sites for hydroxylation is 1. The molecule has 0 bridgehead atoms. The molecular weight excluding hydrogens is 373 g/mol. The highest BCUT2D eigenvalue weighted by atomic mass is 19.4. The lowest BCUT2D eigenvalue weighted by atomic mass is 9.97. The number of aromatic nitrogens is 4. The van der Waals surface area contributed by atoms with Gasteiger partial charge in [-0.15, -0.1) is 0 Å². The first kappa shape index (κ1) is 17.9. The van der Waals surface area contributed by atoms with E-state index < -0.39 is 30.7 Å². The maximum absolute atomic E-state index is 13.6. The average molecular weight is 389 g/mol. The van der Waals surface area contributed by atoms with E-state index in [0.29, 0.717) is 18.5 Å². The second-order valence-electron chi connectivity index (χ2n) is 6.90. The second kappa shape index (κ2) is 6.03. The van der Waals surface area contributed by atoms with E-state index in [4.69, 9.17) is 0 Å². The number of carbonyl (C=O) groups is 1. The molecule has 6 nitrogen and oxygen atoms in total. The van der Waals surface area contributed by atoms with Crippen LogP contribution in [0.25, 0.3) is 0 Å². The van der Waals surface area contributed by atoms with Crippen molar-refractivity contribution in [2.24, 2.45) is 5.92 Å². The molecule has 146 valence electrons. The molecule has 0 saturated heterocycles. The molecule has 0 N–H and O–H groups in total. The van der Waals surface area contributed by atoms with E-state index in [1.807, 2.05) is 0 Å². The summed E-state index contributed by atoms with van der Waals surface area (Å²) in [6.45, 7) is -1.51. The molecule has 4 rings (SSSR count). The van der Waals surface area contributed by atoms with Crippen LogP contribution in [0.1, 0.15) is 48.0 Å². The summed E-state index contributed by atoms with van der Waals surface area (Å²) in [5.41, 5.74) is -0.0534. The van der Waals surface area contributed by atoms with Crippen LogP contribution in [-0.4, -0.2) is 37.7 Å². The Kier molecular flexibility index (Phi) is 4.00. The number of anilines is 1. The van der Waals surface area contributed by atoms with Crippen molar-refractivity contribution in [1.82, 2.24) is 19.6 Å². The minimum Gasteiger partial charge on any atom is -0.288 e. The lowest BCUT2D eigenvalue weighted by Crippen LogP contribution is -2.51. The minimum absolute atomic E-state index is 0.0232. The normalized spacial score (nSPS) is 23.0. The fourth-order valence-electron chi connectivity index (χ4n) is 3.69. The van der Waals surface area contributed by atoms with Gasteiger partial charge in [-0.2, -0.15) is 36.8 Å². The van der Waals surface area contributed by atoms with Gasteiger partial charge in [0.2, 0.25) is 0 Å². The predicted octanol–water partition coefficient (Wildman–Crippen LogP) is 3.72. The van der Waals surface area contributed by atoms with Crippen LogP contribution in [0.4, 0.5) is 27.8 Å². The fraction of sp³-hybridized carbons (Fsp3) is 0.562. The SMILES string of the molecule is Cc1cc2n(n1)[C@H](C(F)(F)F)C[C@@H](C1CC1)N2C(=O)c1ccnn1C(F)F. The Labute approximate surface area is 150 Å². The van der Waals surface area contributed by atoms with Crippen LogP contribution >= 0.6 is 0 Å². The maximum atomic E-state index is 13.6. The molecular formula is C16H16F5N5O. The minimum atomic E-state index is -4.53. The van der Waals surface area contributed by atoms with Gasteiger partial charge >= 0.3 is 12.7 Å². The van der Waals surface area contributed by atoms with E-state index in [0.717, 1.165) is 16.9 Å². The van der Waals surface area contributed by atoms with E-state index in [1.54, 1.807) is 0 Å². The Bertz CT molecular complexity index is 869. The monoisotopic (exact) mass is 389 g/mol. The molecule has 1 amide bonds. The van der Waals surface area contributed by atoms with Crippen molar-refractivity contribution in [1.29, 1.82) is 0 Å². The first-order chi connectivity index (χ1) is 12.7. The third-order valence-corrected chi connectivity index (χ3v) is 5.01. The summed E-state index contributed by atoms with van der Waals surface area (Å²) >= 11 is 0. The lowest BCUT2D eigenvalue weighted by Gasteiger charge is -2.40. The van der Waals surface area contributed by atoms with Crippen molar-refractivity contribution in [2.75, 3.05) is 4.90 Å². The summed E-state index contributed by atoms with van der Waals surface area (Å²) in [5.74, 6) is -0.915. The number of amides is 1. The van der Waals surface area contributed by atoms with E-state index in [1.165, 1.54) is 17.9 Å². The van der Waals surface area contributed by atoms with Crippen LogP contribution in [0.2, 0.25) is 0 Å². The van der Waals surface area contributed by atoms with Crippen molar-refractivity contribution in [2.45, 2.75) is 51.0 Å². The molecule has 0 radical (unpaired) electrons. The van der Waals surface area contributed by atoms with E-state index in [-0.39, 0.29) is 28.5 Å². The van der Waals surface area contributed by atoms with Gasteiger partial charge in [-0.3, -0.25) is 9.69 Å². The quantitative estimate of drug-likeness (QED) is 0.752. The van der Waals surface area contributed by atoms with E-state index in [2.05, 4.69) is 10.2 Å². The van der Waals surface area contributed by atoms with Gasteiger partial charge in [0, 0.05) is 18.3 Å². The number of alkyl halides is 5. The summed E-state index contributed by atoms with van der Waals surface area (Å²) in [6, 6.07) is -0.0551. The van der Waals surface area contributed by atoms with Crippen LogP contribution in [0.5, 0.6) is 0 Å². The Morgan fingerprint density at radius 1 is 1.30 bits per heavy atom. The third-order valence-electron chi connectivity index (χ3n) is 5.01. The van der Waals surface area contributed by atoms with Crippen molar-refractivity contribution < 1.29 is 26.7 Å². The zero-order valence-corrected chi connectivity index (χ0v) is 14.2. The number of carbonyl (C=O) groups excluding carboxylic acids is 1. The van der Waals surface area contributed by atoms with E-state index >= 15 is 0 Å². The second-order valence-corrected chi connectivity index (χ2v) is 6.90. The van der Waals surface area contributed by atoms with Gasteiger partial charge in [-0.25, -0.2) is 4.68 Å². The molecule has 11 heteroatoms. The molecule has 2 aliphatic rings. The first-order valence-electron chi connectivity index (χ1n) is 8.46.